The molecule has 1 amide bonds. The highest BCUT2D eigenvalue weighted by Gasteiger charge is 2.16. The summed E-state index contributed by atoms with van der Waals surface area (Å²) in [5.74, 6) is 0.137. The first kappa shape index (κ1) is 20.2. The number of hydrogen-bond acceptors (Lipinski definition) is 5. The maximum atomic E-state index is 12.8. The monoisotopic (exact) mass is 388 g/mol. The molecule has 3 rings (SSSR count). The number of aryl methyl sites for hydroxylation is 2. The van der Waals surface area contributed by atoms with Gasteiger partial charge in [-0.05, 0) is 75.7 Å². The summed E-state index contributed by atoms with van der Waals surface area (Å²) in [5.41, 5.74) is 4.31. The molecule has 0 saturated carbocycles. The number of aromatic nitrogens is 2. The topological polar surface area (TPSA) is 75.2 Å². The third-order valence-electron chi connectivity index (χ3n) is 4.50. The van der Waals surface area contributed by atoms with Crippen LogP contribution < -0.4 is 10.2 Å². The first-order valence-electron chi connectivity index (χ1n) is 9.49. The summed E-state index contributed by atoms with van der Waals surface area (Å²) in [6.45, 7) is 8.07. The Balaban J connectivity index is 1.87. The van der Waals surface area contributed by atoms with Gasteiger partial charge in [0.25, 0.3) is 5.91 Å². The van der Waals surface area contributed by atoms with Crippen molar-refractivity contribution in [1.29, 1.82) is 0 Å². The molecule has 0 bridgehead atoms. The van der Waals surface area contributed by atoms with Gasteiger partial charge in [0.05, 0.1) is 0 Å². The Morgan fingerprint density at radius 1 is 1.00 bits per heavy atom. The van der Waals surface area contributed by atoms with E-state index in [9.17, 15) is 9.59 Å². The average molecular weight is 388 g/mol. The Labute approximate surface area is 170 Å². The van der Waals surface area contributed by atoms with Gasteiger partial charge in [-0.3, -0.25) is 9.59 Å². The maximum Gasteiger partial charge on any atom is 0.274 e. The van der Waals surface area contributed by atoms with Crippen LogP contribution in [0, 0.1) is 13.8 Å². The van der Waals surface area contributed by atoms with Gasteiger partial charge in [0.1, 0.15) is 5.69 Å². The molecule has 0 unspecified atom stereocenters. The smallest absolute Gasteiger partial charge is 0.274 e. The van der Waals surface area contributed by atoms with Crippen molar-refractivity contribution >= 4 is 29.0 Å². The fourth-order valence-corrected chi connectivity index (χ4v) is 3.01. The van der Waals surface area contributed by atoms with Crippen molar-refractivity contribution in [2.45, 2.75) is 27.7 Å². The highest BCUT2D eigenvalue weighted by Crippen LogP contribution is 2.23. The molecule has 0 aliphatic rings. The van der Waals surface area contributed by atoms with Crippen LogP contribution in [0.1, 0.15) is 46.0 Å². The zero-order valence-electron chi connectivity index (χ0n) is 17.1. The van der Waals surface area contributed by atoms with Crippen molar-refractivity contribution in [3.63, 3.8) is 0 Å². The molecule has 3 aromatic rings. The number of nitrogens with one attached hydrogen (secondary N) is 1. The average Bonchev–Trinajstić information content (AvgIpc) is 2.68. The summed E-state index contributed by atoms with van der Waals surface area (Å²) < 4.78 is 0. The van der Waals surface area contributed by atoms with Crippen LogP contribution >= 0.6 is 0 Å². The van der Waals surface area contributed by atoms with Crippen molar-refractivity contribution < 1.29 is 9.59 Å². The van der Waals surface area contributed by atoms with Crippen molar-refractivity contribution in [3.8, 4) is 0 Å². The zero-order valence-corrected chi connectivity index (χ0v) is 17.1. The molecular weight excluding hydrogens is 364 g/mol. The van der Waals surface area contributed by atoms with Crippen LogP contribution in [0.2, 0.25) is 0 Å². The van der Waals surface area contributed by atoms with Crippen molar-refractivity contribution in [2.24, 2.45) is 0 Å². The van der Waals surface area contributed by atoms with Gasteiger partial charge in [-0.15, -0.1) is 0 Å². The highest BCUT2D eigenvalue weighted by atomic mass is 16.2. The SMILES string of the molecule is CCN(c1cccc(C)c1)c1nc(C)cc(C(=O)Nc2ccc(C(C)=O)cc2)n1. The minimum atomic E-state index is -0.326. The normalized spacial score (nSPS) is 10.5. The lowest BCUT2D eigenvalue weighted by molar-refractivity contribution is 0.101. The maximum absolute atomic E-state index is 12.8. The first-order chi connectivity index (χ1) is 13.9. The molecule has 1 N–H and O–H groups in total. The molecule has 6 heteroatoms. The van der Waals surface area contributed by atoms with Crippen molar-refractivity contribution in [2.75, 3.05) is 16.8 Å². The number of carbonyl (C=O) groups is 2. The van der Waals surface area contributed by atoms with E-state index in [-0.39, 0.29) is 17.4 Å². The summed E-state index contributed by atoms with van der Waals surface area (Å²) in [6, 6.07) is 16.5. The van der Waals surface area contributed by atoms with Crippen molar-refractivity contribution in [1.82, 2.24) is 9.97 Å². The van der Waals surface area contributed by atoms with E-state index in [1.54, 1.807) is 30.3 Å². The predicted molar refractivity (Wildman–Crippen MR) is 115 cm³/mol. The number of Topliss-reactive ketones (excluding diaryl/α,β-unsaturated/α-hetero) is 1. The van der Waals surface area contributed by atoms with Gasteiger partial charge in [0.2, 0.25) is 5.95 Å². The van der Waals surface area contributed by atoms with Crippen LogP contribution in [0.3, 0.4) is 0 Å². The van der Waals surface area contributed by atoms with Crippen molar-refractivity contribution in [3.05, 3.63) is 77.1 Å². The van der Waals surface area contributed by atoms with E-state index in [4.69, 9.17) is 0 Å². The van der Waals surface area contributed by atoms with E-state index in [1.165, 1.54) is 6.92 Å². The third kappa shape index (κ3) is 4.85. The molecule has 0 fully saturated rings. The van der Waals surface area contributed by atoms with Crippen LogP contribution in [0.5, 0.6) is 0 Å². The van der Waals surface area contributed by atoms with Gasteiger partial charge in [-0.25, -0.2) is 9.97 Å². The molecule has 2 aromatic carbocycles. The van der Waals surface area contributed by atoms with E-state index in [0.717, 1.165) is 11.3 Å². The fraction of sp³-hybridized carbons (Fsp3) is 0.217. The minimum Gasteiger partial charge on any atom is -0.321 e. The second-order valence-corrected chi connectivity index (χ2v) is 6.87. The molecular formula is C23H24N4O2. The predicted octanol–water partition coefficient (Wildman–Crippen LogP) is 4.71. The Morgan fingerprint density at radius 3 is 2.34 bits per heavy atom. The molecule has 29 heavy (non-hydrogen) atoms. The van der Waals surface area contributed by atoms with Crippen LogP contribution in [-0.4, -0.2) is 28.2 Å². The largest absolute Gasteiger partial charge is 0.321 e. The summed E-state index contributed by atoms with van der Waals surface area (Å²) in [4.78, 5) is 35.1. The second kappa shape index (κ2) is 8.65. The molecule has 0 saturated heterocycles. The second-order valence-electron chi connectivity index (χ2n) is 6.87. The van der Waals surface area contributed by atoms with Crippen LogP contribution in [0.15, 0.2) is 54.6 Å². The van der Waals surface area contributed by atoms with Crippen LogP contribution in [-0.2, 0) is 0 Å². The lowest BCUT2D eigenvalue weighted by Crippen LogP contribution is -2.22. The van der Waals surface area contributed by atoms with Gasteiger partial charge in [-0.2, -0.15) is 0 Å². The third-order valence-corrected chi connectivity index (χ3v) is 4.50. The van der Waals surface area contributed by atoms with Gasteiger partial charge in [0, 0.05) is 29.2 Å². The fourth-order valence-electron chi connectivity index (χ4n) is 3.01. The number of carbonyl (C=O) groups excluding carboxylic acids is 2. The molecule has 0 spiro atoms. The number of rotatable bonds is 6. The molecule has 1 heterocycles. The number of anilines is 3. The standard InChI is InChI=1S/C23H24N4O2/c1-5-27(20-8-6-7-15(2)13-20)23-24-16(3)14-21(26-23)22(29)25-19-11-9-18(10-12-19)17(4)28/h6-14H,5H2,1-4H3,(H,25,29). The number of benzene rings is 2. The highest BCUT2D eigenvalue weighted by molar-refractivity contribution is 6.03. The minimum absolute atomic E-state index is 0.0188. The van der Waals surface area contributed by atoms with E-state index in [0.29, 0.717) is 29.4 Å². The molecule has 0 radical (unpaired) electrons. The first-order valence-corrected chi connectivity index (χ1v) is 9.49. The summed E-state index contributed by atoms with van der Waals surface area (Å²) in [6.07, 6.45) is 0. The number of amides is 1. The Morgan fingerprint density at radius 2 is 1.72 bits per heavy atom. The Hall–Kier alpha value is -3.54. The van der Waals surface area contributed by atoms with Gasteiger partial charge in [-0.1, -0.05) is 12.1 Å². The molecule has 1 aromatic heterocycles. The van der Waals surface area contributed by atoms with E-state index in [2.05, 4.69) is 21.4 Å². The number of nitrogens with zero attached hydrogens (tertiary/aromatic N) is 3. The Kier molecular flexibility index (Phi) is 6.02. The summed E-state index contributed by atoms with van der Waals surface area (Å²) in [7, 11) is 0. The molecule has 0 atom stereocenters. The quantitative estimate of drug-likeness (QED) is 0.619. The number of ketones is 1. The molecule has 0 aliphatic carbocycles. The van der Waals surface area contributed by atoms with E-state index >= 15 is 0 Å². The zero-order chi connectivity index (χ0) is 21.0. The molecule has 148 valence electrons. The molecule has 0 aliphatic heterocycles. The van der Waals surface area contributed by atoms with Crippen LogP contribution in [0.4, 0.5) is 17.3 Å². The van der Waals surface area contributed by atoms with Gasteiger partial charge < -0.3 is 10.2 Å². The molecule has 6 nitrogen and oxygen atoms in total. The van der Waals surface area contributed by atoms with E-state index in [1.807, 2.05) is 43.9 Å². The van der Waals surface area contributed by atoms with Crippen LogP contribution in [0.25, 0.3) is 0 Å². The summed E-state index contributed by atoms with van der Waals surface area (Å²) in [5, 5.41) is 2.83. The number of hydrogen-bond donors (Lipinski definition) is 1. The lowest BCUT2D eigenvalue weighted by atomic mass is 10.1. The van der Waals surface area contributed by atoms with Gasteiger partial charge in [0.15, 0.2) is 5.78 Å². The van der Waals surface area contributed by atoms with E-state index < -0.39 is 0 Å². The Bertz CT molecular complexity index is 1040. The summed E-state index contributed by atoms with van der Waals surface area (Å²) >= 11 is 0. The lowest BCUT2D eigenvalue weighted by Gasteiger charge is -2.22. The van der Waals surface area contributed by atoms with Gasteiger partial charge >= 0.3 is 0 Å².